The first kappa shape index (κ1) is 18.7. The number of nitrogens with zero attached hydrogens (tertiary/aromatic N) is 1. The fraction of sp³-hybridized carbons (Fsp3) is 0.273. The lowest BCUT2D eigenvalue weighted by Crippen LogP contribution is -2.42. The quantitative estimate of drug-likeness (QED) is 0.725. The van der Waals surface area contributed by atoms with Crippen molar-refractivity contribution in [1.82, 2.24) is 4.90 Å². The topological polar surface area (TPSA) is 55.8 Å². The van der Waals surface area contributed by atoms with Crippen LogP contribution in [0.15, 0.2) is 60.4 Å². The maximum Gasteiger partial charge on any atom is 0.416 e. The van der Waals surface area contributed by atoms with Gasteiger partial charge < -0.3 is 9.47 Å². The van der Waals surface area contributed by atoms with Gasteiger partial charge in [0.2, 0.25) is 0 Å². The fourth-order valence-electron chi connectivity index (χ4n) is 3.17. The van der Waals surface area contributed by atoms with E-state index >= 15 is 0 Å². The van der Waals surface area contributed by atoms with Crippen LogP contribution >= 0.6 is 0 Å². The SMILES string of the molecule is CCC1(C)/C(=C/c2cccc(C(=O)OC)c2)OC(=O)N1Cc1ccccc1. The van der Waals surface area contributed by atoms with Gasteiger partial charge in [0.15, 0.2) is 0 Å². The average Bonchev–Trinajstić information content (AvgIpc) is 2.93. The van der Waals surface area contributed by atoms with Gasteiger partial charge in [-0.25, -0.2) is 9.59 Å². The lowest BCUT2D eigenvalue weighted by atomic mass is 9.93. The molecule has 0 N–H and O–H groups in total. The van der Waals surface area contributed by atoms with Crippen molar-refractivity contribution in [3.63, 3.8) is 0 Å². The largest absolute Gasteiger partial charge is 0.465 e. The number of hydrogen-bond acceptors (Lipinski definition) is 4. The molecule has 1 aliphatic heterocycles. The van der Waals surface area contributed by atoms with Crippen LogP contribution < -0.4 is 0 Å². The van der Waals surface area contributed by atoms with Gasteiger partial charge >= 0.3 is 12.1 Å². The van der Waals surface area contributed by atoms with E-state index in [1.165, 1.54) is 7.11 Å². The number of hydrogen-bond donors (Lipinski definition) is 0. The molecule has 1 fully saturated rings. The highest BCUT2D eigenvalue weighted by atomic mass is 16.6. The van der Waals surface area contributed by atoms with E-state index in [1.807, 2.05) is 56.3 Å². The molecule has 0 aromatic heterocycles. The Bertz CT molecular complexity index is 875. The van der Waals surface area contributed by atoms with E-state index in [1.54, 1.807) is 23.1 Å². The predicted molar refractivity (Wildman–Crippen MR) is 103 cm³/mol. The first-order chi connectivity index (χ1) is 13.0. The summed E-state index contributed by atoms with van der Waals surface area (Å²) in [7, 11) is 1.35. The number of carbonyl (C=O) groups is 2. The van der Waals surface area contributed by atoms with E-state index in [-0.39, 0.29) is 6.09 Å². The molecule has 1 heterocycles. The Kier molecular flexibility index (Phi) is 5.31. The number of cyclic esters (lactones) is 1. The van der Waals surface area contributed by atoms with Gasteiger partial charge in [-0.3, -0.25) is 4.90 Å². The molecule has 0 saturated carbocycles. The highest BCUT2D eigenvalue weighted by molar-refractivity contribution is 5.90. The van der Waals surface area contributed by atoms with Gasteiger partial charge in [0.1, 0.15) is 11.3 Å². The second-order valence-corrected chi connectivity index (χ2v) is 6.69. The monoisotopic (exact) mass is 365 g/mol. The predicted octanol–water partition coefficient (Wildman–Crippen LogP) is 4.64. The number of ether oxygens (including phenoxy) is 2. The van der Waals surface area contributed by atoms with E-state index in [0.717, 1.165) is 11.1 Å². The molecule has 1 aliphatic rings. The summed E-state index contributed by atoms with van der Waals surface area (Å²) in [4.78, 5) is 26.1. The lowest BCUT2D eigenvalue weighted by molar-refractivity contribution is 0.0600. The van der Waals surface area contributed by atoms with Crippen molar-refractivity contribution in [2.75, 3.05) is 7.11 Å². The molecule has 2 aromatic carbocycles. The van der Waals surface area contributed by atoms with Crippen molar-refractivity contribution in [1.29, 1.82) is 0 Å². The summed E-state index contributed by atoms with van der Waals surface area (Å²) in [5, 5.41) is 0. The number of benzene rings is 2. The van der Waals surface area contributed by atoms with E-state index in [0.29, 0.717) is 24.3 Å². The smallest absolute Gasteiger partial charge is 0.416 e. The second kappa shape index (κ2) is 7.66. The zero-order valence-corrected chi connectivity index (χ0v) is 15.8. The molecule has 5 heteroatoms. The van der Waals surface area contributed by atoms with Crippen LogP contribution in [0, 0.1) is 0 Å². The van der Waals surface area contributed by atoms with Crippen LogP contribution in [0.2, 0.25) is 0 Å². The van der Waals surface area contributed by atoms with Gasteiger partial charge in [-0.05, 0) is 42.7 Å². The molecule has 0 radical (unpaired) electrons. The number of methoxy groups -OCH3 is 1. The second-order valence-electron chi connectivity index (χ2n) is 6.69. The molecule has 0 spiro atoms. The minimum absolute atomic E-state index is 0.362. The maximum absolute atomic E-state index is 12.6. The van der Waals surface area contributed by atoms with Gasteiger partial charge in [0.05, 0.1) is 19.2 Å². The summed E-state index contributed by atoms with van der Waals surface area (Å²) in [6, 6.07) is 16.9. The highest BCUT2D eigenvalue weighted by Crippen LogP contribution is 2.38. The average molecular weight is 365 g/mol. The highest BCUT2D eigenvalue weighted by Gasteiger charge is 2.46. The van der Waals surface area contributed by atoms with E-state index in [9.17, 15) is 9.59 Å². The third-order valence-electron chi connectivity index (χ3n) is 5.02. The summed E-state index contributed by atoms with van der Waals surface area (Å²) >= 11 is 0. The molecule has 2 aromatic rings. The Hall–Kier alpha value is -3.08. The first-order valence-electron chi connectivity index (χ1n) is 8.92. The van der Waals surface area contributed by atoms with Gasteiger partial charge in [0, 0.05) is 0 Å². The van der Waals surface area contributed by atoms with Crippen LogP contribution in [0.3, 0.4) is 0 Å². The number of carbonyl (C=O) groups excluding carboxylic acids is 2. The van der Waals surface area contributed by atoms with Crippen LogP contribution in [-0.2, 0) is 16.0 Å². The molecule has 1 unspecified atom stereocenters. The van der Waals surface area contributed by atoms with Crippen molar-refractivity contribution >= 4 is 18.1 Å². The molecule has 1 amide bonds. The molecule has 0 aliphatic carbocycles. The summed E-state index contributed by atoms with van der Waals surface area (Å²) in [6.07, 6.45) is 2.16. The molecule has 140 valence electrons. The number of rotatable bonds is 5. The van der Waals surface area contributed by atoms with Crippen molar-refractivity contribution in [3.8, 4) is 0 Å². The van der Waals surface area contributed by atoms with Gasteiger partial charge in [0.25, 0.3) is 0 Å². The number of amides is 1. The van der Waals surface area contributed by atoms with Crippen LogP contribution in [0.4, 0.5) is 4.79 Å². The Labute approximate surface area is 159 Å². The summed E-state index contributed by atoms with van der Waals surface area (Å²) in [5.74, 6) is 0.176. The van der Waals surface area contributed by atoms with E-state index in [4.69, 9.17) is 9.47 Å². The Balaban J connectivity index is 1.93. The van der Waals surface area contributed by atoms with Crippen LogP contribution in [-0.4, -0.2) is 29.6 Å². The maximum atomic E-state index is 12.6. The normalized spacial score (nSPS) is 20.6. The Morgan fingerprint density at radius 3 is 2.59 bits per heavy atom. The Morgan fingerprint density at radius 1 is 1.19 bits per heavy atom. The standard InChI is InChI=1S/C22H23NO4/c1-4-22(2)19(14-17-11-8-12-18(13-17)20(24)26-3)27-21(25)23(22)15-16-9-6-5-7-10-16/h5-14H,4,15H2,1-3H3/b19-14-. The molecule has 5 nitrogen and oxygen atoms in total. The third kappa shape index (κ3) is 3.72. The van der Waals surface area contributed by atoms with Gasteiger partial charge in [-0.1, -0.05) is 49.4 Å². The van der Waals surface area contributed by atoms with Gasteiger partial charge in [-0.15, -0.1) is 0 Å². The summed E-state index contributed by atoms with van der Waals surface area (Å²) in [5.41, 5.74) is 1.72. The zero-order chi connectivity index (χ0) is 19.4. The molecule has 1 saturated heterocycles. The third-order valence-corrected chi connectivity index (χ3v) is 5.02. The first-order valence-corrected chi connectivity index (χ1v) is 8.92. The number of esters is 1. The minimum Gasteiger partial charge on any atom is -0.465 e. The zero-order valence-electron chi connectivity index (χ0n) is 15.8. The van der Waals surface area contributed by atoms with Crippen molar-refractivity contribution in [3.05, 3.63) is 77.0 Å². The lowest BCUT2D eigenvalue weighted by Gasteiger charge is -2.31. The summed E-state index contributed by atoms with van der Waals surface area (Å²) in [6.45, 7) is 4.50. The van der Waals surface area contributed by atoms with E-state index < -0.39 is 11.5 Å². The molecular formula is C22H23NO4. The van der Waals surface area contributed by atoms with Crippen LogP contribution in [0.1, 0.15) is 41.8 Å². The van der Waals surface area contributed by atoms with Crippen molar-refractivity contribution in [2.24, 2.45) is 0 Å². The van der Waals surface area contributed by atoms with Crippen LogP contribution in [0.25, 0.3) is 6.08 Å². The van der Waals surface area contributed by atoms with E-state index in [2.05, 4.69) is 0 Å². The minimum atomic E-state index is -0.561. The van der Waals surface area contributed by atoms with Crippen molar-refractivity contribution < 1.29 is 19.1 Å². The molecular weight excluding hydrogens is 342 g/mol. The van der Waals surface area contributed by atoms with Gasteiger partial charge in [-0.2, -0.15) is 0 Å². The molecule has 1 atom stereocenters. The van der Waals surface area contributed by atoms with Crippen molar-refractivity contribution in [2.45, 2.75) is 32.4 Å². The molecule has 27 heavy (non-hydrogen) atoms. The Morgan fingerprint density at radius 2 is 1.93 bits per heavy atom. The molecule has 0 bridgehead atoms. The summed E-state index contributed by atoms with van der Waals surface area (Å²) < 4.78 is 10.4. The van der Waals surface area contributed by atoms with Crippen LogP contribution in [0.5, 0.6) is 0 Å². The fourth-order valence-corrected chi connectivity index (χ4v) is 3.17. The molecule has 3 rings (SSSR count).